The third-order valence-corrected chi connectivity index (χ3v) is 2.35. The van der Waals surface area contributed by atoms with Gasteiger partial charge in [-0.15, -0.1) is 0 Å². The topological polar surface area (TPSA) is 29.5 Å². The maximum absolute atomic E-state index is 11.4. The summed E-state index contributed by atoms with van der Waals surface area (Å²) in [6, 6.07) is 0. The Labute approximate surface area is 80.1 Å². The van der Waals surface area contributed by atoms with Crippen LogP contribution < -0.4 is 0 Å². The molecule has 3 nitrogen and oxygen atoms in total. The Morgan fingerprint density at radius 1 is 1.54 bits per heavy atom. The number of methoxy groups -OCH3 is 1. The van der Waals surface area contributed by atoms with Crippen LogP contribution in [0.3, 0.4) is 0 Å². The predicted molar refractivity (Wildman–Crippen MR) is 51.7 cm³/mol. The lowest BCUT2D eigenvalue weighted by atomic mass is 10.2. The fraction of sp³-hybridized carbons (Fsp3) is 0.900. The van der Waals surface area contributed by atoms with E-state index in [0.29, 0.717) is 18.2 Å². The largest absolute Gasteiger partial charge is 0.385 e. The minimum Gasteiger partial charge on any atom is -0.385 e. The third kappa shape index (κ3) is 4.39. The van der Waals surface area contributed by atoms with Gasteiger partial charge in [0.15, 0.2) is 0 Å². The highest BCUT2D eigenvalue weighted by molar-refractivity contribution is 5.84. The molecule has 13 heavy (non-hydrogen) atoms. The molecule has 0 radical (unpaired) electrons. The van der Waals surface area contributed by atoms with Crippen molar-refractivity contribution in [1.29, 1.82) is 0 Å². The summed E-state index contributed by atoms with van der Waals surface area (Å²) in [6.07, 6.45) is 3.24. The first kappa shape index (κ1) is 10.7. The van der Waals surface area contributed by atoms with Crippen LogP contribution in [0.2, 0.25) is 0 Å². The van der Waals surface area contributed by atoms with Gasteiger partial charge >= 0.3 is 0 Å². The van der Waals surface area contributed by atoms with E-state index in [-0.39, 0.29) is 0 Å². The fourth-order valence-electron chi connectivity index (χ4n) is 1.36. The summed E-state index contributed by atoms with van der Waals surface area (Å²) >= 11 is 0. The number of hydrogen-bond donors (Lipinski definition) is 0. The van der Waals surface area contributed by atoms with Crippen molar-refractivity contribution >= 4 is 5.78 Å². The lowest BCUT2D eigenvalue weighted by Crippen LogP contribution is -2.28. The van der Waals surface area contributed by atoms with Crippen molar-refractivity contribution in [3.05, 3.63) is 0 Å². The summed E-state index contributed by atoms with van der Waals surface area (Å²) in [7, 11) is 3.70. The van der Waals surface area contributed by atoms with Gasteiger partial charge in [0.2, 0.25) is 0 Å². The summed E-state index contributed by atoms with van der Waals surface area (Å²) in [6.45, 7) is 2.35. The zero-order chi connectivity index (χ0) is 9.68. The second-order valence-corrected chi connectivity index (χ2v) is 3.82. The summed E-state index contributed by atoms with van der Waals surface area (Å²) in [5.41, 5.74) is 0. The summed E-state index contributed by atoms with van der Waals surface area (Å²) < 4.78 is 4.95. The van der Waals surface area contributed by atoms with E-state index < -0.39 is 0 Å². The smallest absolute Gasteiger partial charge is 0.149 e. The first-order valence-electron chi connectivity index (χ1n) is 4.94. The van der Waals surface area contributed by atoms with E-state index in [0.717, 1.165) is 32.4 Å². The SMILES string of the molecule is COCCCN(C)CC(=O)C1CC1. The molecule has 0 aromatic heterocycles. The van der Waals surface area contributed by atoms with E-state index in [9.17, 15) is 4.79 Å². The second-order valence-electron chi connectivity index (χ2n) is 3.82. The molecule has 0 aromatic carbocycles. The molecule has 1 rings (SSSR count). The number of ether oxygens (including phenoxy) is 1. The van der Waals surface area contributed by atoms with Crippen LogP contribution in [-0.4, -0.2) is 44.5 Å². The molecular weight excluding hydrogens is 166 g/mol. The second kappa shape index (κ2) is 5.35. The van der Waals surface area contributed by atoms with Gasteiger partial charge in [0, 0.05) is 26.2 Å². The van der Waals surface area contributed by atoms with Crippen LogP contribution in [0, 0.1) is 5.92 Å². The van der Waals surface area contributed by atoms with Crippen LogP contribution in [0.1, 0.15) is 19.3 Å². The standard InChI is InChI=1S/C10H19NO2/c1-11(6-3-7-13-2)8-10(12)9-4-5-9/h9H,3-8H2,1-2H3. The Morgan fingerprint density at radius 3 is 2.77 bits per heavy atom. The molecule has 3 heteroatoms. The molecule has 0 bridgehead atoms. The minimum absolute atomic E-state index is 0.393. The Hall–Kier alpha value is -0.410. The van der Waals surface area contributed by atoms with Crippen LogP contribution in [0.25, 0.3) is 0 Å². The molecule has 0 aromatic rings. The Balaban J connectivity index is 2.02. The lowest BCUT2D eigenvalue weighted by molar-refractivity contribution is -0.121. The van der Waals surface area contributed by atoms with Gasteiger partial charge in [-0.05, 0) is 26.3 Å². The summed E-state index contributed by atoms with van der Waals surface area (Å²) in [5, 5.41) is 0. The number of carbonyl (C=O) groups excluding carboxylic acids is 1. The average molecular weight is 185 g/mol. The highest BCUT2D eigenvalue weighted by Crippen LogP contribution is 2.29. The van der Waals surface area contributed by atoms with Crippen LogP contribution in [0.5, 0.6) is 0 Å². The van der Waals surface area contributed by atoms with Crippen LogP contribution in [0.4, 0.5) is 0 Å². The maximum atomic E-state index is 11.4. The molecule has 0 spiro atoms. The van der Waals surface area contributed by atoms with Crippen molar-refractivity contribution in [2.45, 2.75) is 19.3 Å². The molecule has 0 saturated heterocycles. The number of carbonyl (C=O) groups is 1. The van der Waals surface area contributed by atoms with Crippen molar-refractivity contribution in [1.82, 2.24) is 4.90 Å². The van der Waals surface area contributed by atoms with Crippen molar-refractivity contribution in [2.24, 2.45) is 5.92 Å². The maximum Gasteiger partial charge on any atom is 0.149 e. The van der Waals surface area contributed by atoms with E-state index in [2.05, 4.69) is 4.90 Å². The molecule has 0 heterocycles. The van der Waals surface area contributed by atoms with Gasteiger partial charge in [-0.2, -0.15) is 0 Å². The molecule has 1 fully saturated rings. The minimum atomic E-state index is 0.393. The quantitative estimate of drug-likeness (QED) is 0.553. The summed E-state index contributed by atoms with van der Waals surface area (Å²) in [5.74, 6) is 0.810. The van der Waals surface area contributed by atoms with Crippen molar-refractivity contribution in [3.8, 4) is 0 Å². The van der Waals surface area contributed by atoms with Gasteiger partial charge in [-0.1, -0.05) is 0 Å². The predicted octanol–water partition coefficient (Wildman–Crippen LogP) is 0.934. The van der Waals surface area contributed by atoms with Crippen LogP contribution >= 0.6 is 0 Å². The number of rotatable bonds is 7. The van der Waals surface area contributed by atoms with Crippen molar-refractivity contribution < 1.29 is 9.53 Å². The Bertz CT molecular complexity index is 166. The monoisotopic (exact) mass is 185 g/mol. The molecule has 1 aliphatic rings. The van der Waals surface area contributed by atoms with E-state index in [1.165, 1.54) is 0 Å². The van der Waals surface area contributed by atoms with Gasteiger partial charge in [0.25, 0.3) is 0 Å². The van der Waals surface area contributed by atoms with E-state index in [1.807, 2.05) is 7.05 Å². The average Bonchev–Trinajstić information content (AvgIpc) is 2.86. The number of hydrogen-bond acceptors (Lipinski definition) is 3. The first-order valence-corrected chi connectivity index (χ1v) is 4.94. The molecule has 1 aliphatic carbocycles. The summed E-state index contributed by atoms with van der Waals surface area (Å²) in [4.78, 5) is 13.5. The van der Waals surface area contributed by atoms with E-state index >= 15 is 0 Å². The Morgan fingerprint density at radius 2 is 2.23 bits per heavy atom. The van der Waals surface area contributed by atoms with Gasteiger partial charge in [-0.3, -0.25) is 9.69 Å². The molecule has 0 atom stereocenters. The van der Waals surface area contributed by atoms with Gasteiger partial charge in [-0.25, -0.2) is 0 Å². The molecular formula is C10H19NO2. The number of ketones is 1. The highest BCUT2D eigenvalue weighted by Gasteiger charge is 2.29. The zero-order valence-electron chi connectivity index (χ0n) is 8.58. The number of Topliss-reactive ketones (excluding diaryl/α,β-unsaturated/α-hetero) is 1. The Kier molecular flexibility index (Phi) is 4.39. The third-order valence-electron chi connectivity index (χ3n) is 2.35. The molecule has 0 amide bonds. The van der Waals surface area contributed by atoms with E-state index in [4.69, 9.17) is 4.74 Å². The lowest BCUT2D eigenvalue weighted by Gasteiger charge is -2.14. The van der Waals surface area contributed by atoms with Crippen LogP contribution in [-0.2, 0) is 9.53 Å². The number of likely N-dealkylation sites (N-methyl/N-ethyl adjacent to an activating group) is 1. The van der Waals surface area contributed by atoms with Gasteiger partial charge < -0.3 is 4.74 Å². The van der Waals surface area contributed by atoms with Crippen LogP contribution in [0.15, 0.2) is 0 Å². The van der Waals surface area contributed by atoms with Gasteiger partial charge in [0.05, 0.1) is 6.54 Å². The number of nitrogens with zero attached hydrogens (tertiary/aromatic N) is 1. The molecule has 1 saturated carbocycles. The first-order chi connectivity index (χ1) is 6.24. The fourth-order valence-corrected chi connectivity index (χ4v) is 1.36. The van der Waals surface area contributed by atoms with Crippen molar-refractivity contribution in [2.75, 3.05) is 33.9 Å². The zero-order valence-corrected chi connectivity index (χ0v) is 8.58. The van der Waals surface area contributed by atoms with Gasteiger partial charge in [0.1, 0.15) is 5.78 Å². The normalized spacial score (nSPS) is 16.5. The highest BCUT2D eigenvalue weighted by atomic mass is 16.5. The molecule has 76 valence electrons. The molecule has 0 aliphatic heterocycles. The molecule has 0 N–H and O–H groups in total. The van der Waals surface area contributed by atoms with E-state index in [1.54, 1.807) is 7.11 Å². The van der Waals surface area contributed by atoms with Crippen molar-refractivity contribution in [3.63, 3.8) is 0 Å². The molecule has 0 unspecified atom stereocenters.